The molecular weight excluding hydrogens is 458 g/mol. The fraction of sp³-hybridized carbons (Fsp3) is 1.00. The van der Waals surface area contributed by atoms with Gasteiger partial charge in [0.05, 0.1) is 13.2 Å². The third kappa shape index (κ3) is 6.74. The Morgan fingerprint density at radius 2 is 1.19 bits per heavy atom. The molecule has 4 saturated heterocycles. The number of nitrogens with zero attached hydrogens (tertiary/aromatic N) is 5. The minimum Gasteiger partial charge on any atom is -0.379 e. The van der Waals surface area contributed by atoms with Gasteiger partial charge in [0.15, 0.2) is 0 Å². The van der Waals surface area contributed by atoms with Crippen LogP contribution in [0, 0.1) is 0 Å². The van der Waals surface area contributed by atoms with Gasteiger partial charge in [0.1, 0.15) is 0 Å². The minimum atomic E-state index is 0.114. The average Bonchev–Trinajstić information content (AvgIpc) is 3.49. The summed E-state index contributed by atoms with van der Waals surface area (Å²) in [5, 5.41) is 0. The molecule has 0 radical (unpaired) electrons. The van der Waals surface area contributed by atoms with Crippen molar-refractivity contribution in [3.05, 3.63) is 0 Å². The van der Waals surface area contributed by atoms with Gasteiger partial charge < -0.3 is 14.5 Å². The van der Waals surface area contributed by atoms with E-state index in [-0.39, 0.29) is 16.6 Å². The standard InChI is InChI=1S/C31H61N5O/c1-7-32-19-21-35(22-20-32)30(5,14-13-29(3,4)34-17-11-12-18-34)31(6,36-23-25-37-26-24-36)27-28(2)33-15-9-8-10-16-33/h28H,7-27H2,1-6H3. The van der Waals surface area contributed by atoms with Gasteiger partial charge in [0.2, 0.25) is 0 Å². The molecule has 0 N–H and O–H groups in total. The summed E-state index contributed by atoms with van der Waals surface area (Å²) in [5.41, 5.74) is 0.516. The molecule has 4 aliphatic rings. The molecular formula is C31H61N5O. The molecule has 4 fully saturated rings. The molecule has 0 aromatic carbocycles. The molecule has 0 amide bonds. The molecule has 4 heterocycles. The number of morpholine rings is 1. The lowest BCUT2D eigenvalue weighted by molar-refractivity contribution is -0.119. The summed E-state index contributed by atoms with van der Waals surface area (Å²) in [4.78, 5) is 14.0. The lowest BCUT2D eigenvalue weighted by Gasteiger charge is -2.61. The molecule has 6 heteroatoms. The second-order valence-electron chi connectivity index (χ2n) is 13.7. The van der Waals surface area contributed by atoms with Gasteiger partial charge in [-0.3, -0.25) is 14.7 Å². The Bertz CT molecular complexity index is 677. The van der Waals surface area contributed by atoms with E-state index in [0.717, 1.165) is 26.3 Å². The Balaban J connectivity index is 1.63. The maximum atomic E-state index is 5.91. The van der Waals surface area contributed by atoms with Crippen molar-refractivity contribution in [2.24, 2.45) is 0 Å². The number of ether oxygens (including phenoxy) is 1. The number of likely N-dealkylation sites (tertiary alicyclic amines) is 2. The van der Waals surface area contributed by atoms with E-state index in [1.165, 1.54) is 110 Å². The highest BCUT2D eigenvalue weighted by molar-refractivity contribution is 5.11. The Hall–Kier alpha value is -0.240. The number of likely N-dealkylation sites (N-methyl/N-ethyl adjacent to an activating group) is 1. The van der Waals surface area contributed by atoms with Crippen LogP contribution in [-0.4, -0.2) is 132 Å². The summed E-state index contributed by atoms with van der Waals surface area (Å²) in [7, 11) is 0. The number of hydrogen-bond donors (Lipinski definition) is 0. The van der Waals surface area contributed by atoms with E-state index in [0.29, 0.717) is 6.04 Å². The van der Waals surface area contributed by atoms with Crippen LogP contribution in [0.5, 0.6) is 0 Å². The summed E-state index contributed by atoms with van der Waals surface area (Å²) in [6.07, 6.45) is 10.7. The summed E-state index contributed by atoms with van der Waals surface area (Å²) in [5.74, 6) is 0. The van der Waals surface area contributed by atoms with E-state index >= 15 is 0 Å². The molecule has 3 unspecified atom stereocenters. The molecule has 0 spiro atoms. The van der Waals surface area contributed by atoms with Crippen LogP contribution >= 0.6 is 0 Å². The minimum absolute atomic E-state index is 0.114. The average molecular weight is 520 g/mol. The van der Waals surface area contributed by atoms with Gasteiger partial charge in [0.25, 0.3) is 0 Å². The monoisotopic (exact) mass is 519 g/mol. The first-order valence-corrected chi connectivity index (χ1v) is 16.0. The van der Waals surface area contributed by atoms with Gasteiger partial charge in [-0.05, 0) is 112 Å². The normalized spacial score (nSPS) is 28.7. The van der Waals surface area contributed by atoms with Gasteiger partial charge in [-0.15, -0.1) is 0 Å². The number of piperidine rings is 1. The number of piperazine rings is 1. The Kier molecular flexibility index (Phi) is 10.4. The predicted molar refractivity (Wildman–Crippen MR) is 157 cm³/mol. The lowest BCUT2D eigenvalue weighted by Crippen LogP contribution is -2.73. The zero-order valence-corrected chi connectivity index (χ0v) is 25.6. The van der Waals surface area contributed by atoms with Crippen LogP contribution in [-0.2, 0) is 4.74 Å². The van der Waals surface area contributed by atoms with Crippen molar-refractivity contribution in [2.45, 2.75) is 116 Å². The van der Waals surface area contributed by atoms with E-state index in [4.69, 9.17) is 4.74 Å². The predicted octanol–water partition coefficient (Wildman–Crippen LogP) is 4.39. The topological polar surface area (TPSA) is 25.4 Å². The summed E-state index contributed by atoms with van der Waals surface area (Å²) < 4.78 is 5.91. The molecule has 4 aliphatic heterocycles. The van der Waals surface area contributed by atoms with E-state index < -0.39 is 0 Å². The second kappa shape index (κ2) is 13.0. The SMILES string of the molecule is CCN1CCN(C(C)(CCC(C)(C)N2CCCC2)C(C)(CC(C)N2CCCCC2)N2CCOCC2)CC1. The third-order valence-electron chi connectivity index (χ3n) is 11.3. The van der Waals surface area contributed by atoms with Gasteiger partial charge in [0, 0.05) is 61.9 Å². The second-order valence-corrected chi connectivity index (χ2v) is 13.7. The fourth-order valence-corrected chi connectivity index (χ4v) is 8.17. The highest BCUT2D eigenvalue weighted by Gasteiger charge is 2.53. The van der Waals surface area contributed by atoms with Gasteiger partial charge in [-0.1, -0.05) is 13.3 Å². The molecule has 4 rings (SSSR count). The van der Waals surface area contributed by atoms with Crippen molar-refractivity contribution in [1.82, 2.24) is 24.5 Å². The van der Waals surface area contributed by atoms with Crippen LogP contribution in [0.3, 0.4) is 0 Å². The highest BCUT2D eigenvalue weighted by atomic mass is 16.5. The zero-order chi connectivity index (χ0) is 26.5. The van der Waals surface area contributed by atoms with E-state index in [1.807, 2.05) is 0 Å². The molecule has 0 aromatic rings. The first-order valence-electron chi connectivity index (χ1n) is 16.0. The Labute approximate surface area is 230 Å². The first-order chi connectivity index (χ1) is 17.7. The number of rotatable bonds is 11. The molecule has 216 valence electrons. The van der Waals surface area contributed by atoms with Crippen LogP contribution in [0.2, 0.25) is 0 Å². The van der Waals surface area contributed by atoms with Gasteiger partial charge >= 0.3 is 0 Å². The maximum absolute atomic E-state index is 5.91. The van der Waals surface area contributed by atoms with Crippen LogP contribution in [0.15, 0.2) is 0 Å². The van der Waals surface area contributed by atoms with Gasteiger partial charge in [-0.25, -0.2) is 0 Å². The number of hydrogen-bond acceptors (Lipinski definition) is 6. The van der Waals surface area contributed by atoms with Crippen molar-refractivity contribution >= 4 is 0 Å². The fourth-order valence-electron chi connectivity index (χ4n) is 8.17. The van der Waals surface area contributed by atoms with E-state index in [1.54, 1.807) is 0 Å². The molecule has 3 atom stereocenters. The van der Waals surface area contributed by atoms with Crippen molar-refractivity contribution < 1.29 is 4.74 Å². The summed E-state index contributed by atoms with van der Waals surface area (Å²) >= 11 is 0. The van der Waals surface area contributed by atoms with Crippen LogP contribution < -0.4 is 0 Å². The van der Waals surface area contributed by atoms with E-state index in [9.17, 15) is 0 Å². The van der Waals surface area contributed by atoms with Crippen molar-refractivity contribution in [3.63, 3.8) is 0 Å². The molecule has 0 bridgehead atoms. The third-order valence-corrected chi connectivity index (χ3v) is 11.3. The largest absolute Gasteiger partial charge is 0.379 e. The highest BCUT2D eigenvalue weighted by Crippen LogP contribution is 2.44. The van der Waals surface area contributed by atoms with E-state index in [2.05, 4.69) is 66.0 Å². The molecule has 0 aromatic heterocycles. The lowest BCUT2D eigenvalue weighted by atomic mass is 9.68. The van der Waals surface area contributed by atoms with Crippen molar-refractivity contribution in [2.75, 3.05) is 85.2 Å². The van der Waals surface area contributed by atoms with Gasteiger partial charge in [-0.2, -0.15) is 0 Å². The van der Waals surface area contributed by atoms with Crippen LogP contribution in [0.4, 0.5) is 0 Å². The summed E-state index contributed by atoms with van der Waals surface area (Å²) in [6.45, 7) is 30.3. The molecule has 0 saturated carbocycles. The maximum Gasteiger partial charge on any atom is 0.0594 e. The quantitative estimate of drug-likeness (QED) is 0.402. The van der Waals surface area contributed by atoms with Crippen molar-refractivity contribution in [1.29, 1.82) is 0 Å². The van der Waals surface area contributed by atoms with Crippen LogP contribution in [0.25, 0.3) is 0 Å². The smallest absolute Gasteiger partial charge is 0.0594 e. The van der Waals surface area contributed by atoms with Crippen molar-refractivity contribution in [3.8, 4) is 0 Å². The first kappa shape index (κ1) is 29.7. The summed E-state index contributed by atoms with van der Waals surface area (Å²) in [6, 6.07) is 0.621. The zero-order valence-electron chi connectivity index (χ0n) is 25.6. The Morgan fingerprint density at radius 3 is 1.78 bits per heavy atom. The van der Waals surface area contributed by atoms with Crippen LogP contribution in [0.1, 0.15) is 92.9 Å². The molecule has 0 aliphatic carbocycles. The molecule has 6 nitrogen and oxygen atoms in total. The molecule has 37 heavy (non-hydrogen) atoms. The Morgan fingerprint density at radius 1 is 0.622 bits per heavy atom.